The van der Waals surface area contributed by atoms with Crippen molar-refractivity contribution >= 4 is 39.2 Å². The second kappa shape index (κ2) is 8.04. The molecule has 0 aliphatic heterocycles. The van der Waals surface area contributed by atoms with Crippen LogP contribution >= 0.6 is 23.1 Å². The minimum Gasteiger partial charge on any atom is -0.339 e. The first kappa shape index (κ1) is 18.6. The zero-order valence-corrected chi connectivity index (χ0v) is 17.2. The van der Waals surface area contributed by atoms with Crippen molar-refractivity contribution in [2.45, 2.75) is 76.1 Å². The third-order valence-electron chi connectivity index (χ3n) is 5.21. The quantitative estimate of drug-likeness (QED) is 0.545. The Morgan fingerprint density at radius 2 is 2.04 bits per heavy atom. The van der Waals surface area contributed by atoms with Gasteiger partial charge in [-0.2, -0.15) is 0 Å². The molecular formula is C19H27N3OS2. The first-order valence-electron chi connectivity index (χ1n) is 9.20. The van der Waals surface area contributed by atoms with Crippen LogP contribution in [0, 0.1) is 13.8 Å². The Bertz CT molecular complexity index is 752. The molecule has 0 aromatic carbocycles. The minimum absolute atomic E-state index is 0.125. The highest BCUT2D eigenvalue weighted by Crippen LogP contribution is 2.36. The lowest BCUT2D eigenvalue weighted by Gasteiger charge is -2.35. The van der Waals surface area contributed by atoms with E-state index < -0.39 is 0 Å². The predicted octanol–water partition coefficient (Wildman–Crippen LogP) is 4.97. The maximum Gasteiger partial charge on any atom is 0.236 e. The molecule has 0 radical (unpaired) electrons. The molecule has 3 rings (SSSR count). The maximum atomic E-state index is 13.1. The van der Waals surface area contributed by atoms with Crippen LogP contribution in [-0.4, -0.2) is 38.6 Å². The van der Waals surface area contributed by atoms with Gasteiger partial charge in [0.2, 0.25) is 5.91 Å². The van der Waals surface area contributed by atoms with Crippen molar-refractivity contribution in [3.8, 4) is 0 Å². The summed E-state index contributed by atoms with van der Waals surface area (Å²) in [6.45, 7) is 9.14. The van der Waals surface area contributed by atoms with Gasteiger partial charge in [-0.15, -0.1) is 11.3 Å². The van der Waals surface area contributed by atoms with Crippen molar-refractivity contribution in [3.05, 3.63) is 16.8 Å². The summed E-state index contributed by atoms with van der Waals surface area (Å²) in [5.74, 6) is 0.246. The van der Waals surface area contributed by atoms with Gasteiger partial charge >= 0.3 is 0 Å². The molecule has 1 aliphatic rings. The Morgan fingerprint density at radius 3 is 2.72 bits per heavy atom. The standard InChI is InChI=1S/C19H27N3OS2/c1-5-22(15-9-7-6-8-10-15)19(23)14(4)25-18-16-12(2)13(3)24-17(16)20-11-21-18/h11,14-15H,5-10H2,1-4H3. The van der Waals surface area contributed by atoms with Gasteiger partial charge in [-0.05, 0) is 46.1 Å². The van der Waals surface area contributed by atoms with Crippen molar-refractivity contribution in [3.63, 3.8) is 0 Å². The largest absolute Gasteiger partial charge is 0.339 e. The summed E-state index contributed by atoms with van der Waals surface area (Å²) in [5, 5.41) is 1.93. The average Bonchev–Trinajstić information content (AvgIpc) is 2.91. The van der Waals surface area contributed by atoms with Gasteiger partial charge in [0.05, 0.1) is 5.25 Å². The van der Waals surface area contributed by atoms with Crippen molar-refractivity contribution in [1.29, 1.82) is 0 Å². The summed E-state index contributed by atoms with van der Waals surface area (Å²) in [7, 11) is 0. The topological polar surface area (TPSA) is 46.1 Å². The van der Waals surface area contributed by atoms with Crippen LogP contribution in [0.15, 0.2) is 11.4 Å². The maximum absolute atomic E-state index is 13.1. The van der Waals surface area contributed by atoms with Gasteiger partial charge in [-0.1, -0.05) is 31.0 Å². The van der Waals surface area contributed by atoms with Crippen LogP contribution in [0.5, 0.6) is 0 Å². The number of aryl methyl sites for hydroxylation is 2. The second-order valence-electron chi connectivity index (χ2n) is 6.82. The lowest BCUT2D eigenvalue weighted by atomic mass is 9.94. The highest BCUT2D eigenvalue weighted by molar-refractivity contribution is 8.00. The van der Waals surface area contributed by atoms with Crippen molar-refractivity contribution < 1.29 is 4.79 Å². The predicted molar refractivity (Wildman–Crippen MR) is 106 cm³/mol. The van der Waals surface area contributed by atoms with Gasteiger partial charge in [0.15, 0.2) is 0 Å². The van der Waals surface area contributed by atoms with Crippen LogP contribution in [0.25, 0.3) is 10.2 Å². The molecule has 6 heteroatoms. The van der Waals surface area contributed by atoms with Crippen LogP contribution in [-0.2, 0) is 4.79 Å². The molecule has 1 amide bonds. The summed E-state index contributed by atoms with van der Waals surface area (Å²) in [5.41, 5.74) is 1.24. The zero-order chi connectivity index (χ0) is 18.0. The highest BCUT2D eigenvalue weighted by Gasteiger charge is 2.28. The number of hydrogen-bond acceptors (Lipinski definition) is 5. The summed E-state index contributed by atoms with van der Waals surface area (Å²) in [6, 6.07) is 0.421. The molecule has 0 bridgehead atoms. The molecule has 1 atom stereocenters. The van der Waals surface area contributed by atoms with E-state index in [0.717, 1.165) is 34.6 Å². The van der Waals surface area contributed by atoms with E-state index in [1.54, 1.807) is 29.4 Å². The van der Waals surface area contributed by atoms with E-state index in [1.165, 1.54) is 29.7 Å². The molecule has 2 heterocycles. The van der Waals surface area contributed by atoms with E-state index in [2.05, 4.69) is 35.6 Å². The lowest BCUT2D eigenvalue weighted by Crippen LogP contribution is -2.44. The second-order valence-corrected chi connectivity index (χ2v) is 9.35. The first-order valence-corrected chi connectivity index (χ1v) is 10.9. The summed E-state index contributed by atoms with van der Waals surface area (Å²) >= 11 is 3.28. The summed E-state index contributed by atoms with van der Waals surface area (Å²) < 4.78 is 0. The Hall–Kier alpha value is -1.14. The normalized spacial score (nSPS) is 17.0. The molecule has 4 nitrogen and oxygen atoms in total. The molecule has 2 aromatic heterocycles. The molecule has 1 fully saturated rings. The first-order chi connectivity index (χ1) is 12.0. The van der Waals surface area contributed by atoms with Crippen LogP contribution in [0.3, 0.4) is 0 Å². The molecule has 0 saturated heterocycles. The molecule has 2 aromatic rings. The molecule has 0 spiro atoms. The lowest BCUT2D eigenvalue weighted by molar-refractivity contribution is -0.133. The fourth-order valence-corrected chi connectivity index (χ4v) is 5.79. The van der Waals surface area contributed by atoms with Gasteiger partial charge in [-0.25, -0.2) is 9.97 Å². The molecule has 136 valence electrons. The minimum atomic E-state index is -0.125. The Morgan fingerprint density at radius 1 is 1.32 bits per heavy atom. The van der Waals surface area contributed by atoms with Gasteiger partial charge in [0, 0.05) is 22.8 Å². The Kier molecular flexibility index (Phi) is 6.00. The van der Waals surface area contributed by atoms with Gasteiger partial charge in [0.1, 0.15) is 16.2 Å². The molecule has 1 aliphatic carbocycles. The number of fused-ring (bicyclic) bond motifs is 1. The number of hydrogen-bond donors (Lipinski definition) is 0. The van der Waals surface area contributed by atoms with Crippen molar-refractivity contribution in [2.24, 2.45) is 0 Å². The molecular weight excluding hydrogens is 350 g/mol. The fourth-order valence-electron chi connectivity index (χ4n) is 3.68. The van der Waals surface area contributed by atoms with E-state index in [1.807, 2.05) is 6.92 Å². The number of carbonyl (C=O) groups excluding carboxylic acids is 1. The average molecular weight is 378 g/mol. The summed E-state index contributed by atoms with van der Waals surface area (Å²) in [4.78, 5) is 26.3. The SMILES string of the molecule is CCN(C(=O)C(C)Sc1ncnc2sc(C)c(C)c12)C1CCCCC1. The Labute approximate surface area is 158 Å². The third kappa shape index (κ3) is 3.85. The van der Waals surface area contributed by atoms with Crippen molar-refractivity contribution in [2.75, 3.05) is 6.54 Å². The van der Waals surface area contributed by atoms with Crippen LogP contribution < -0.4 is 0 Å². The smallest absolute Gasteiger partial charge is 0.236 e. The van der Waals surface area contributed by atoms with E-state index in [4.69, 9.17) is 0 Å². The van der Waals surface area contributed by atoms with Crippen molar-refractivity contribution in [1.82, 2.24) is 14.9 Å². The number of thiophene rings is 1. The van der Waals surface area contributed by atoms with E-state index in [0.29, 0.717) is 6.04 Å². The highest BCUT2D eigenvalue weighted by atomic mass is 32.2. The molecule has 0 N–H and O–H groups in total. The van der Waals surface area contributed by atoms with Gasteiger partial charge in [-0.3, -0.25) is 4.79 Å². The van der Waals surface area contributed by atoms with Crippen LogP contribution in [0.4, 0.5) is 0 Å². The molecule has 1 unspecified atom stereocenters. The van der Waals surface area contributed by atoms with Crippen LogP contribution in [0.1, 0.15) is 56.4 Å². The van der Waals surface area contributed by atoms with E-state index >= 15 is 0 Å². The number of amides is 1. The van der Waals surface area contributed by atoms with E-state index in [-0.39, 0.29) is 11.2 Å². The summed E-state index contributed by atoms with van der Waals surface area (Å²) in [6.07, 6.45) is 7.72. The number of rotatable bonds is 5. The zero-order valence-electron chi connectivity index (χ0n) is 15.5. The monoisotopic (exact) mass is 377 g/mol. The molecule has 25 heavy (non-hydrogen) atoms. The molecule has 1 saturated carbocycles. The number of carbonyl (C=O) groups is 1. The number of aromatic nitrogens is 2. The van der Waals surface area contributed by atoms with Gasteiger partial charge < -0.3 is 4.90 Å². The number of thioether (sulfide) groups is 1. The Balaban J connectivity index is 1.79. The van der Waals surface area contributed by atoms with Gasteiger partial charge in [0.25, 0.3) is 0 Å². The number of nitrogens with zero attached hydrogens (tertiary/aromatic N) is 3. The third-order valence-corrected chi connectivity index (χ3v) is 7.41. The van der Waals surface area contributed by atoms with E-state index in [9.17, 15) is 4.79 Å². The fraction of sp³-hybridized carbons (Fsp3) is 0.632. The van der Waals surface area contributed by atoms with Crippen LogP contribution in [0.2, 0.25) is 0 Å².